The summed E-state index contributed by atoms with van der Waals surface area (Å²) in [5.41, 5.74) is 8.86. The molecule has 0 radical (unpaired) electrons. The Morgan fingerprint density at radius 3 is 1.81 bits per heavy atom. The zero-order valence-electron chi connectivity index (χ0n) is 44.6. The molecule has 0 aliphatic heterocycles. The van der Waals surface area contributed by atoms with Crippen LogP contribution in [0.15, 0.2) is 54.7 Å². The van der Waals surface area contributed by atoms with Gasteiger partial charge in [0.15, 0.2) is 6.10 Å². The van der Waals surface area contributed by atoms with Crippen LogP contribution in [0.4, 0.5) is 0 Å². The fraction of sp³-hybridized carbons (Fsp3) is 0.593. The summed E-state index contributed by atoms with van der Waals surface area (Å²) in [5, 5.41) is 25.3. The van der Waals surface area contributed by atoms with E-state index in [4.69, 9.17) is 20.5 Å². The largest absolute Gasteiger partial charge is 0.497 e. The molecule has 18 nitrogen and oxygen atoms in total. The van der Waals surface area contributed by atoms with Crippen LogP contribution >= 0.6 is 0 Å². The number of methoxy groups -OCH3 is 1. The molecule has 1 aromatic heterocycles. The Morgan fingerprint density at radius 2 is 1.26 bits per heavy atom. The molecular formula is C54H80N8O10. The van der Waals surface area contributed by atoms with Crippen LogP contribution in [0.2, 0.25) is 0 Å². The van der Waals surface area contributed by atoms with Gasteiger partial charge in [-0.2, -0.15) is 5.26 Å². The number of para-hydroxylation sites is 1. The van der Waals surface area contributed by atoms with Crippen LogP contribution in [0.25, 0.3) is 10.9 Å². The second kappa shape index (κ2) is 27.9. The smallest absolute Gasteiger partial charge is 0.345 e. The average molecular weight is 1000 g/mol. The number of nitrogens with two attached hydrogens (primary N) is 1. The van der Waals surface area contributed by atoms with Gasteiger partial charge in [-0.15, -0.1) is 0 Å². The summed E-state index contributed by atoms with van der Waals surface area (Å²) in [5.74, 6) is -4.74. The highest BCUT2D eigenvalue weighted by atomic mass is 16.6. The number of nitrogens with zero attached hydrogens (tertiary/aromatic N) is 5. The van der Waals surface area contributed by atoms with E-state index in [1.807, 2.05) is 121 Å². The second-order valence-electron chi connectivity index (χ2n) is 20.6. The van der Waals surface area contributed by atoms with Crippen molar-refractivity contribution in [2.45, 2.75) is 156 Å². The zero-order valence-corrected chi connectivity index (χ0v) is 44.6. The van der Waals surface area contributed by atoms with Gasteiger partial charge in [0, 0.05) is 64.1 Å². The number of likely N-dealkylation sites (N-methyl/N-ethyl adjacent to an activating group) is 3. The number of carboxylic acid groups (broad SMARTS) is 1. The maximum Gasteiger partial charge on any atom is 0.345 e. The highest BCUT2D eigenvalue weighted by Crippen LogP contribution is 2.27. The number of amides is 5. The first kappa shape index (κ1) is 59.8. The van der Waals surface area contributed by atoms with E-state index in [0.29, 0.717) is 25.1 Å². The summed E-state index contributed by atoms with van der Waals surface area (Å²) < 4.78 is 12.7. The monoisotopic (exact) mass is 1000 g/mol. The van der Waals surface area contributed by atoms with Crippen molar-refractivity contribution in [1.82, 2.24) is 29.9 Å². The number of nitriles is 1. The molecule has 0 aliphatic carbocycles. The first-order valence-corrected chi connectivity index (χ1v) is 25.0. The van der Waals surface area contributed by atoms with Crippen LogP contribution in [0.1, 0.15) is 112 Å². The molecule has 7 atom stereocenters. The van der Waals surface area contributed by atoms with Gasteiger partial charge in [0.05, 0.1) is 19.2 Å². The molecule has 0 saturated carbocycles. The number of benzene rings is 2. The molecule has 1 heterocycles. The molecule has 0 bridgehead atoms. The van der Waals surface area contributed by atoms with E-state index in [0.717, 1.165) is 26.9 Å². The number of nitrogens with one attached hydrogen (secondary N) is 2. The van der Waals surface area contributed by atoms with Crippen molar-refractivity contribution < 1.29 is 48.1 Å². The van der Waals surface area contributed by atoms with Crippen LogP contribution in [-0.2, 0) is 51.3 Å². The summed E-state index contributed by atoms with van der Waals surface area (Å²) in [4.78, 5) is 101. The first-order chi connectivity index (χ1) is 33.8. The molecule has 3 aromatic rings. The highest BCUT2D eigenvalue weighted by molar-refractivity contribution is 5.97. The molecule has 0 saturated heterocycles. The lowest BCUT2D eigenvalue weighted by Crippen LogP contribution is -2.60. The lowest BCUT2D eigenvalue weighted by Gasteiger charge is -2.35. The van der Waals surface area contributed by atoms with Crippen molar-refractivity contribution in [2.75, 3.05) is 28.3 Å². The lowest BCUT2D eigenvalue weighted by molar-refractivity contribution is -0.169. The number of esters is 1. The Labute approximate surface area is 425 Å². The van der Waals surface area contributed by atoms with Crippen molar-refractivity contribution in [2.24, 2.45) is 29.4 Å². The molecule has 0 spiro atoms. The molecule has 72 heavy (non-hydrogen) atoms. The predicted molar refractivity (Wildman–Crippen MR) is 275 cm³/mol. The Bertz CT molecular complexity index is 2370. The highest BCUT2D eigenvalue weighted by Gasteiger charge is 2.39. The molecule has 2 aromatic carbocycles. The maximum atomic E-state index is 15.1. The van der Waals surface area contributed by atoms with Gasteiger partial charge in [-0.1, -0.05) is 85.7 Å². The van der Waals surface area contributed by atoms with Gasteiger partial charge in [0.1, 0.15) is 36.0 Å². The van der Waals surface area contributed by atoms with E-state index in [-0.39, 0.29) is 55.8 Å². The number of fused-ring (bicyclic) bond motifs is 1. The Kier molecular flexibility index (Phi) is 23.2. The van der Waals surface area contributed by atoms with Gasteiger partial charge in [-0.25, -0.2) is 9.59 Å². The van der Waals surface area contributed by atoms with Gasteiger partial charge >= 0.3 is 11.9 Å². The van der Waals surface area contributed by atoms with Gasteiger partial charge in [0.2, 0.25) is 29.5 Å². The molecule has 3 rings (SSSR count). The number of ether oxygens (including phenoxy) is 2. The van der Waals surface area contributed by atoms with Crippen molar-refractivity contribution in [3.05, 3.63) is 65.9 Å². The van der Waals surface area contributed by atoms with E-state index >= 15 is 9.59 Å². The van der Waals surface area contributed by atoms with Gasteiger partial charge in [0.25, 0.3) is 0 Å². The quantitative estimate of drug-likeness (QED) is 0.0657. The van der Waals surface area contributed by atoms with Gasteiger partial charge in [-0.3, -0.25) is 24.0 Å². The topological polar surface area (TPSA) is 247 Å². The van der Waals surface area contributed by atoms with E-state index in [9.17, 15) is 29.1 Å². The van der Waals surface area contributed by atoms with E-state index in [1.165, 1.54) is 30.8 Å². The number of rotatable bonds is 28. The van der Waals surface area contributed by atoms with Crippen molar-refractivity contribution >= 4 is 52.4 Å². The van der Waals surface area contributed by atoms with Crippen LogP contribution < -0.4 is 21.1 Å². The lowest BCUT2D eigenvalue weighted by atomic mass is 9.96. The SMILES string of the molecule is COc1cccc(Cn2cc(C[C@@H](C(=O)N[C@@H](CC(C)C)C(=O)N(C)[C@@H](C)C(=O)O[C@H](CCC#N)C(=O)O)N(C)C(=O)[C@H](CC(C)C)NC(=O)[C@H](CC(C)C)N(C)C(=O)[C@@H](N)CC(C)C)c3ccccc32)c1. The number of carboxylic acids is 1. The number of hydrogen-bond donors (Lipinski definition) is 4. The molecule has 18 heteroatoms. The fourth-order valence-electron chi connectivity index (χ4n) is 8.69. The molecule has 396 valence electrons. The number of aromatic nitrogens is 1. The van der Waals surface area contributed by atoms with Gasteiger partial charge < -0.3 is 50.2 Å². The fourth-order valence-corrected chi connectivity index (χ4v) is 8.69. The van der Waals surface area contributed by atoms with E-state index in [2.05, 4.69) is 10.6 Å². The van der Waals surface area contributed by atoms with Crippen molar-refractivity contribution in [3.63, 3.8) is 0 Å². The third kappa shape index (κ3) is 17.1. The van der Waals surface area contributed by atoms with Crippen LogP contribution in [0.5, 0.6) is 5.75 Å². The minimum atomic E-state index is -1.61. The third-order valence-electron chi connectivity index (χ3n) is 12.7. The standard InChI is InChI=1S/C54H80N8O10/c1-32(2)24-41(56)50(65)60(11)45(27-35(7)8)48(63)58-43(26-34(5)6)52(67)61(12)46(29-38-31-62(44-21-15-14-20-40(38)44)30-37-18-16-19-39(28-37)71-13)49(64)57-42(25-33(3)4)51(66)59(10)36(9)54(70)72-47(53(68)69)22-17-23-55/h14-16,18-21,28,31-36,41-43,45-47H,17,22,24-27,29-30,56H2,1-13H3,(H,57,64)(H,58,63)(H,68,69)/t36-,41-,42-,43-,45-,46-,47+/m0/s1. The summed E-state index contributed by atoms with van der Waals surface area (Å²) in [6.07, 6.45) is 0.911. The maximum absolute atomic E-state index is 15.1. The first-order valence-electron chi connectivity index (χ1n) is 25.0. The minimum absolute atomic E-state index is 0.0105. The average Bonchev–Trinajstić information content (AvgIpc) is 3.66. The predicted octanol–water partition coefficient (Wildman–Crippen LogP) is 5.52. The summed E-state index contributed by atoms with van der Waals surface area (Å²) in [6, 6.07) is 10.5. The number of carbonyl (C=O) groups is 7. The Balaban J connectivity index is 2.14. The van der Waals surface area contributed by atoms with Crippen LogP contribution in [0.3, 0.4) is 0 Å². The summed E-state index contributed by atoms with van der Waals surface area (Å²) in [7, 11) is 5.98. The number of hydrogen-bond acceptors (Lipinski definition) is 11. The molecule has 0 unspecified atom stereocenters. The van der Waals surface area contributed by atoms with Crippen molar-refractivity contribution in [3.8, 4) is 11.8 Å². The summed E-state index contributed by atoms with van der Waals surface area (Å²) in [6.45, 7) is 17.1. The zero-order chi connectivity index (χ0) is 54.1. The van der Waals surface area contributed by atoms with Crippen LogP contribution in [-0.4, -0.2) is 136 Å². The molecule has 5 N–H and O–H groups in total. The molecular weight excluding hydrogens is 921 g/mol. The minimum Gasteiger partial charge on any atom is -0.497 e. The van der Waals surface area contributed by atoms with Crippen molar-refractivity contribution in [1.29, 1.82) is 5.26 Å². The molecule has 0 fully saturated rings. The third-order valence-corrected chi connectivity index (χ3v) is 12.7. The van der Waals surface area contributed by atoms with Gasteiger partial charge in [-0.05, 0) is 85.6 Å². The van der Waals surface area contributed by atoms with Crippen LogP contribution in [0, 0.1) is 35.0 Å². The van der Waals surface area contributed by atoms with E-state index < -0.39 is 83.8 Å². The molecule has 0 aliphatic rings. The second-order valence-corrected chi connectivity index (χ2v) is 20.6. The van der Waals surface area contributed by atoms with E-state index in [1.54, 1.807) is 14.2 Å². The number of aliphatic carboxylic acids is 1. The number of carbonyl (C=O) groups excluding carboxylic acids is 6. The molecule has 5 amide bonds. The Morgan fingerprint density at radius 1 is 0.722 bits per heavy atom. The summed E-state index contributed by atoms with van der Waals surface area (Å²) >= 11 is 0. The Hall–Kier alpha value is -6.48. The normalized spacial score (nSPS) is 14.4.